The second-order valence-corrected chi connectivity index (χ2v) is 8.11. The molecule has 8 nitrogen and oxygen atoms in total. The molecule has 0 saturated carbocycles. The monoisotopic (exact) mass is 460 g/mol. The molecular weight excluding hydrogens is 437 g/mol. The minimum atomic E-state index is -5.08. The molecule has 1 atom stereocenters. The van der Waals surface area contributed by atoms with Crippen LogP contribution in [0.2, 0.25) is 0 Å². The molecule has 0 aliphatic carbocycles. The average molecular weight is 460 g/mol. The van der Waals surface area contributed by atoms with Gasteiger partial charge in [-0.05, 0) is 35.2 Å². The van der Waals surface area contributed by atoms with Crippen molar-refractivity contribution in [1.29, 1.82) is 0 Å². The van der Waals surface area contributed by atoms with Crippen LogP contribution < -0.4 is 5.32 Å². The Morgan fingerprint density at radius 1 is 1.39 bits per heavy atom. The number of carbonyl (C=O) groups excluding carboxylic acids is 1. The van der Waals surface area contributed by atoms with Gasteiger partial charge in [-0.3, -0.25) is 9.69 Å². The summed E-state index contributed by atoms with van der Waals surface area (Å²) in [5.74, 6) is -1.85. The van der Waals surface area contributed by atoms with E-state index in [1.54, 1.807) is 18.4 Å². The standard InChI is InChI=1S/C17H22N4O2S.C2HF3O2/c1-18-15(22)14-11-21-8-5-19-16(21)17(23-14)3-6-20(7-4-17)10-13-2-9-24-12-13;3-2(4,5)1(6)7/h2,5,8-9,12,14H,3-4,6-7,10-11H2,1H3,(H,18,22);(H,6,7). The fourth-order valence-electron chi connectivity index (χ4n) is 3.75. The van der Waals surface area contributed by atoms with Gasteiger partial charge in [-0.1, -0.05) is 0 Å². The number of halogens is 3. The van der Waals surface area contributed by atoms with Gasteiger partial charge < -0.3 is 19.7 Å². The van der Waals surface area contributed by atoms with E-state index in [4.69, 9.17) is 14.6 Å². The summed E-state index contributed by atoms with van der Waals surface area (Å²) in [6.45, 7) is 3.41. The first kappa shape index (κ1) is 23.2. The lowest BCUT2D eigenvalue weighted by Gasteiger charge is -2.45. The highest BCUT2D eigenvalue weighted by Gasteiger charge is 2.46. The van der Waals surface area contributed by atoms with Crippen molar-refractivity contribution >= 4 is 23.2 Å². The molecule has 2 aliphatic heterocycles. The van der Waals surface area contributed by atoms with E-state index in [9.17, 15) is 18.0 Å². The Balaban J connectivity index is 0.000000339. The third-order valence-corrected chi connectivity index (χ3v) is 6.02. The zero-order chi connectivity index (χ0) is 22.6. The zero-order valence-corrected chi connectivity index (χ0v) is 17.6. The SMILES string of the molecule is CNC(=O)C1Cn2ccnc2C2(CCN(Cc3ccsc3)CC2)O1.O=C(O)C(F)(F)F. The van der Waals surface area contributed by atoms with Crippen LogP contribution in [0.25, 0.3) is 0 Å². The first-order chi connectivity index (χ1) is 14.6. The van der Waals surface area contributed by atoms with E-state index in [1.807, 2.05) is 12.4 Å². The molecule has 0 radical (unpaired) electrons. The van der Waals surface area contributed by atoms with Crippen LogP contribution in [0.3, 0.4) is 0 Å². The van der Waals surface area contributed by atoms with E-state index in [1.165, 1.54) is 5.56 Å². The second-order valence-electron chi connectivity index (χ2n) is 7.33. The number of carbonyl (C=O) groups is 2. The lowest BCUT2D eigenvalue weighted by atomic mass is 9.88. The summed E-state index contributed by atoms with van der Waals surface area (Å²) in [5.41, 5.74) is 0.926. The van der Waals surface area contributed by atoms with Crippen LogP contribution in [0.1, 0.15) is 24.2 Å². The number of amides is 1. The molecule has 1 saturated heterocycles. The number of thiophene rings is 1. The molecule has 2 aromatic rings. The number of rotatable bonds is 3. The number of aromatic nitrogens is 2. The molecule has 31 heavy (non-hydrogen) atoms. The number of piperidine rings is 1. The number of nitrogens with zero attached hydrogens (tertiary/aromatic N) is 3. The van der Waals surface area contributed by atoms with E-state index in [0.29, 0.717) is 6.54 Å². The summed E-state index contributed by atoms with van der Waals surface area (Å²) in [6, 6.07) is 2.18. The Labute approximate surface area is 180 Å². The van der Waals surface area contributed by atoms with Gasteiger partial charge in [0, 0.05) is 39.1 Å². The van der Waals surface area contributed by atoms with Gasteiger partial charge in [0.2, 0.25) is 0 Å². The number of imidazole rings is 1. The van der Waals surface area contributed by atoms with Crippen LogP contribution in [0, 0.1) is 0 Å². The van der Waals surface area contributed by atoms with E-state index in [0.717, 1.165) is 38.3 Å². The molecular formula is C19H23F3N4O4S. The molecule has 0 aromatic carbocycles. The fraction of sp³-hybridized carbons (Fsp3) is 0.526. The van der Waals surface area contributed by atoms with Crippen LogP contribution >= 0.6 is 11.3 Å². The van der Waals surface area contributed by atoms with Crippen LogP contribution in [-0.2, 0) is 33.0 Å². The van der Waals surface area contributed by atoms with Gasteiger partial charge in [-0.2, -0.15) is 24.5 Å². The van der Waals surface area contributed by atoms with Gasteiger partial charge in [-0.25, -0.2) is 9.78 Å². The number of likely N-dealkylation sites (N-methyl/N-ethyl adjacent to an activating group) is 1. The van der Waals surface area contributed by atoms with Crippen molar-refractivity contribution in [2.75, 3.05) is 20.1 Å². The first-order valence-corrected chi connectivity index (χ1v) is 10.5. The van der Waals surface area contributed by atoms with E-state index in [-0.39, 0.29) is 5.91 Å². The van der Waals surface area contributed by atoms with Gasteiger partial charge >= 0.3 is 12.1 Å². The van der Waals surface area contributed by atoms with Gasteiger partial charge in [0.25, 0.3) is 5.91 Å². The molecule has 2 aromatic heterocycles. The molecule has 0 bridgehead atoms. The van der Waals surface area contributed by atoms with Crippen LogP contribution in [0.4, 0.5) is 13.2 Å². The molecule has 4 heterocycles. The van der Waals surface area contributed by atoms with Crippen molar-refractivity contribution in [1.82, 2.24) is 19.8 Å². The van der Waals surface area contributed by atoms with Crippen molar-refractivity contribution in [3.05, 3.63) is 40.6 Å². The highest BCUT2D eigenvalue weighted by molar-refractivity contribution is 7.07. The lowest BCUT2D eigenvalue weighted by molar-refractivity contribution is -0.192. The summed E-state index contributed by atoms with van der Waals surface area (Å²) in [5, 5.41) is 14.2. The Morgan fingerprint density at radius 2 is 2.06 bits per heavy atom. The fourth-order valence-corrected chi connectivity index (χ4v) is 4.41. The van der Waals surface area contributed by atoms with Crippen molar-refractivity contribution in [2.45, 2.75) is 43.8 Å². The van der Waals surface area contributed by atoms with Crippen LogP contribution in [0.5, 0.6) is 0 Å². The summed E-state index contributed by atoms with van der Waals surface area (Å²) in [6.07, 6.45) is -0.0406. The number of ether oxygens (including phenoxy) is 1. The Kier molecular flexibility index (Phi) is 7.02. The van der Waals surface area contributed by atoms with Gasteiger partial charge in [0.1, 0.15) is 11.4 Å². The van der Waals surface area contributed by atoms with E-state index in [2.05, 4.69) is 36.6 Å². The molecule has 12 heteroatoms. The van der Waals surface area contributed by atoms with Gasteiger partial charge in [0.05, 0.1) is 6.54 Å². The van der Waals surface area contributed by atoms with E-state index >= 15 is 0 Å². The molecule has 2 N–H and O–H groups in total. The number of hydrogen-bond donors (Lipinski definition) is 2. The summed E-state index contributed by atoms with van der Waals surface area (Å²) in [4.78, 5) is 28.0. The summed E-state index contributed by atoms with van der Waals surface area (Å²) in [7, 11) is 1.66. The van der Waals surface area contributed by atoms with Gasteiger partial charge in [-0.15, -0.1) is 0 Å². The third kappa shape index (κ3) is 5.43. The highest BCUT2D eigenvalue weighted by Crippen LogP contribution is 2.40. The smallest absolute Gasteiger partial charge is 0.475 e. The molecule has 1 fully saturated rings. The number of alkyl halides is 3. The quantitative estimate of drug-likeness (QED) is 0.729. The maximum atomic E-state index is 12.1. The number of nitrogens with one attached hydrogen (secondary N) is 1. The molecule has 1 unspecified atom stereocenters. The average Bonchev–Trinajstić information content (AvgIpc) is 3.41. The predicted molar refractivity (Wildman–Crippen MR) is 105 cm³/mol. The number of carboxylic acids is 1. The zero-order valence-electron chi connectivity index (χ0n) is 16.8. The largest absolute Gasteiger partial charge is 0.490 e. The number of likely N-dealkylation sites (tertiary alicyclic amines) is 1. The minimum absolute atomic E-state index is 0.0607. The first-order valence-electron chi connectivity index (χ1n) is 9.59. The van der Waals surface area contributed by atoms with Crippen molar-refractivity contribution in [2.24, 2.45) is 0 Å². The third-order valence-electron chi connectivity index (χ3n) is 5.28. The van der Waals surface area contributed by atoms with Crippen LogP contribution in [0.15, 0.2) is 29.2 Å². The maximum absolute atomic E-state index is 12.1. The maximum Gasteiger partial charge on any atom is 0.490 e. The second kappa shape index (κ2) is 9.37. The highest BCUT2D eigenvalue weighted by atomic mass is 32.1. The van der Waals surface area contributed by atoms with E-state index < -0.39 is 23.9 Å². The normalized spacial score (nSPS) is 20.5. The molecule has 1 spiro atoms. The minimum Gasteiger partial charge on any atom is -0.475 e. The van der Waals surface area contributed by atoms with Crippen molar-refractivity contribution < 1.29 is 32.6 Å². The Morgan fingerprint density at radius 3 is 2.61 bits per heavy atom. The number of fused-ring (bicyclic) bond motifs is 2. The molecule has 170 valence electrons. The lowest BCUT2D eigenvalue weighted by Crippen LogP contribution is -2.53. The van der Waals surface area contributed by atoms with Crippen molar-refractivity contribution in [3.63, 3.8) is 0 Å². The summed E-state index contributed by atoms with van der Waals surface area (Å²) >= 11 is 1.74. The topological polar surface area (TPSA) is 96.7 Å². The van der Waals surface area contributed by atoms with Gasteiger partial charge in [0.15, 0.2) is 6.10 Å². The molecule has 2 aliphatic rings. The number of carboxylic acid groups (broad SMARTS) is 1. The number of hydrogen-bond acceptors (Lipinski definition) is 6. The molecule has 4 rings (SSSR count). The summed E-state index contributed by atoms with van der Waals surface area (Å²) < 4.78 is 40.1. The van der Waals surface area contributed by atoms with Crippen molar-refractivity contribution in [3.8, 4) is 0 Å². The Hall–Kier alpha value is -2.44. The Bertz CT molecular complexity index is 892. The predicted octanol–water partition coefficient (Wildman–Crippen LogP) is 2.21. The number of aliphatic carboxylic acids is 1. The van der Waals surface area contributed by atoms with Crippen LogP contribution in [-0.4, -0.2) is 63.9 Å². The molecule has 1 amide bonds.